The van der Waals surface area contributed by atoms with Crippen molar-refractivity contribution in [2.45, 2.75) is 68.0 Å². The molecule has 0 saturated carbocycles. The number of carbonyl (C=O) groups is 1. The Bertz CT molecular complexity index is 2410. The zero-order valence-electron chi connectivity index (χ0n) is 32.6. The lowest BCUT2D eigenvalue weighted by Gasteiger charge is -2.41. The van der Waals surface area contributed by atoms with Crippen LogP contribution < -0.4 is 10.0 Å². The summed E-state index contributed by atoms with van der Waals surface area (Å²) in [5.74, 6) is 0.226. The molecule has 1 fully saturated rings. The number of hydrogen-bond acceptors (Lipinski definition) is 9. The van der Waals surface area contributed by atoms with Crippen LogP contribution in [0.25, 0.3) is 11.1 Å². The Balaban J connectivity index is 1.08. The molecule has 1 aliphatic heterocycles. The zero-order valence-corrected chi connectivity index (χ0v) is 34.2. The molecule has 0 aliphatic carbocycles. The molecule has 1 aliphatic rings. The van der Waals surface area contributed by atoms with Gasteiger partial charge in [-0.1, -0.05) is 127 Å². The minimum Gasteiger partial charge on any atom is -0.392 e. The summed E-state index contributed by atoms with van der Waals surface area (Å²) in [7, 11) is -2.06. The number of carbonyl (C=O) groups excluding carboxylic acids is 1. The lowest BCUT2D eigenvalue weighted by Crippen LogP contribution is -2.47. The van der Waals surface area contributed by atoms with Crippen LogP contribution in [0.2, 0.25) is 0 Å². The Morgan fingerprint density at radius 3 is 2.26 bits per heavy atom. The predicted molar refractivity (Wildman–Crippen MR) is 224 cm³/mol. The van der Waals surface area contributed by atoms with E-state index in [4.69, 9.17) is 9.47 Å². The summed E-state index contributed by atoms with van der Waals surface area (Å²) in [6, 6.07) is 38.6. The largest absolute Gasteiger partial charge is 0.392 e. The first-order chi connectivity index (χ1) is 28.1. The van der Waals surface area contributed by atoms with E-state index in [1.54, 1.807) is 30.2 Å². The fourth-order valence-electron chi connectivity index (χ4n) is 6.92. The van der Waals surface area contributed by atoms with Gasteiger partial charge in [-0.25, -0.2) is 8.42 Å². The van der Waals surface area contributed by atoms with Crippen molar-refractivity contribution < 1.29 is 27.8 Å². The Kier molecular flexibility index (Phi) is 13.2. The molecule has 1 amide bonds. The van der Waals surface area contributed by atoms with Gasteiger partial charge in [0, 0.05) is 30.8 Å². The molecule has 13 heteroatoms. The summed E-state index contributed by atoms with van der Waals surface area (Å²) in [6.07, 6.45) is 0.768. The Morgan fingerprint density at radius 1 is 0.845 bits per heavy atom. The monoisotopic (exact) mass is 817 g/mol. The summed E-state index contributed by atoms with van der Waals surface area (Å²) in [6.45, 7) is 4.18. The van der Waals surface area contributed by atoms with Crippen LogP contribution in [-0.4, -0.2) is 52.1 Å². The van der Waals surface area contributed by atoms with Gasteiger partial charge in [0.1, 0.15) is 12.4 Å². The number of sulfonamides is 1. The molecule has 0 radical (unpaired) electrons. The average molecular weight is 818 g/mol. The van der Waals surface area contributed by atoms with Crippen LogP contribution in [-0.2, 0) is 50.9 Å². The minimum absolute atomic E-state index is 0.0113. The first-order valence-corrected chi connectivity index (χ1v) is 21.6. The van der Waals surface area contributed by atoms with Crippen LogP contribution in [0, 0.1) is 12.8 Å². The highest BCUT2D eigenvalue weighted by atomic mass is 32.2. The number of thioether (sulfide) groups is 1. The van der Waals surface area contributed by atoms with E-state index >= 15 is 0 Å². The molecule has 7 rings (SSSR count). The molecule has 1 saturated heterocycles. The number of amides is 1. The van der Waals surface area contributed by atoms with Gasteiger partial charge in [-0.15, -0.1) is 10.2 Å². The molecule has 0 unspecified atom stereocenters. The van der Waals surface area contributed by atoms with Crippen molar-refractivity contribution in [3.05, 3.63) is 167 Å². The molecule has 300 valence electrons. The fraction of sp³-hybridized carbons (Fsp3) is 0.267. The molecule has 2 heterocycles. The molecule has 1 aromatic heterocycles. The van der Waals surface area contributed by atoms with Crippen molar-refractivity contribution in [3.8, 4) is 11.1 Å². The van der Waals surface area contributed by atoms with Gasteiger partial charge in [-0.2, -0.15) is 4.72 Å². The maximum absolute atomic E-state index is 13.7. The summed E-state index contributed by atoms with van der Waals surface area (Å²) in [5.41, 5.74) is 7.19. The summed E-state index contributed by atoms with van der Waals surface area (Å²) in [4.78, 5) is 13.8. The normalized spacial score (nSPS) is 18.8. The Morgan fingerprint density at radius 2 is 1.55 bits per heavy atom. The Hall–Kier alpha value is -5.15. The molecule has 5 atom stereocenters. The molecular weight excluding hydrogens is 771 g/mol. The number of nitrogens with zero attached hydrogens (tertiary/aromatic N) is 3. The van der Waals surface area contributed by atoms with E-state index in [0.29, 0.717) is 5.75 Å². The van der Waals surface area contributed by atoms with Crippen LogP contribution in [0.15, 0.2) is 144 Å². The summed E-state index contributed by atoms with van der Waals surface area (Å²) >= 11 is 1.59. The zero-order chi connectivity index (χ0) is 40.6. The average Bonchev–Trinajstić information content (AvgIpc) is 3.66. The topological polar surface area (TPSA) is 145 Å². The molecule has 5 aromatic carbocycles. The molecule has 0 spiro atoms. The van der Waals surface area contributed by atoms with Crippen LogP contribution in [0.1, 0.15) is 52.7 Å². The molecular formula is C45H47N5O6S2. The first-order valence-electron chi connectivity index (χ1n) is 19.1. The highest BCUT2D eigenvalue weighted by Gasteiger charge is 2.38. The van der Waals surface area contributed by atoms with Gasteiger partial charge in [0.25, 0.3) is 0 Å². The number of ether oxygens (including phenoxy) is 2. The number of aliphatic hydroxyl groups is 1. The van der Waals surface area contributed by atoms with Gasteiger partial charge in [0.05, 0.1) is 23.7 Å². The molecule has 58 heavy (non-hydrogen) atoms. The number of nitrogens with one attached hydrogen (secondary N) is 2. The maximum Gasteiger partial charge on any atom is 0.241 e. The molecule has 6 aromatic rings. The van der Waals surface area contributed by atoms with E-state index < -0.39 is 28.3 Å². The predicted octanol–water partition coefficient (Wildman–Crippen LogP) is 7.07. The number of rotatable bonds is 15. The third kappa shape index (κ3) is 10.1. The van der Waals surface area contributed by atoms with E-state index in [9.17, 15) is 18.3 Å². The van der Waals surface area contributed by atoms with Gasteiger partial charge < -0.3 is 24.5 Å². The van der Waals surface area contributed by atoms with Gasteiger partial charge in [0.2, 0.25) is 15.9 Å². The van der Waals surface area contributed by atoms with Gasteiger partial charge >= 0.3 is 0 Å². The van der Waals surface area contributed by atoms with Crippen LogP contribution in [0.5, 0.6) is 0 Å². The van der Waals surface area contributed by atoms with E-state index in [-0.39, 0.29) is 42.6 Å². The van der Waals surface area contributed by atoms with Crippen molar-refractivity contribution in [3.63, 3.8) is 0 Å². The highest BCUT2D eigenvalue weighted by molar-refractivity contribution is 7.99. The van der Waals surface area contributed by atoms with Crippen molar-refractivity contribution in [2.24, 2.45) is 13.0 Å². The van der Waals surface area contributed by atoms with Crippen LogP contribution in [0.4, 0.5) is 0 Å². The van der Waals surface area contributed by atoms with Crippen molar-refractivity contribution >= 4 is 27.7 Å². The third-order valence-corrected chi connectivity index (χ3v) is 12.9. The molecule has 3 N–H and O–H groups in total. The second kappa shape index (κ2) is 18.6. The second-order valence-electron chi connectivity index (χ2n) is 14.6. The fourth-order valence-corrected chi connectivity index (χ4v) is 9.16. The molecule has 0 bridgehead atoms. The van der Waals surface area contributed by atoms with Gasteiger partial charge in [-0.3, -0.25) is 4.79 Å². The summed E-state index contributed by atoms with van der Waals surface area (Å²) in [5, 5.41) is 21.7. The Labute approximate surface area is 343 Å². The van der Waals surface area contributed by atoms with E-state index in [0.717, 1.165) is 49.7 Å². The molecule has 11 nitrogen and oxygen atoms in total. The quantitative estimate of drug-likeness (QED) is 0.0928. The number of aromatic nitrogens is 3. The lowest BCUT2D eigenvalue weighted by atomic mass is 9.91. The van der Waals surface area contributed by atoms with E-state index in [1.165, 1.54) is 12.1 Å². The number of aryl methyl sites for hydroxylation is 2. The van der Waals surface area contributed by atoms with E-state index in [1.807, 2.05) is 116 Å². The van der Waals surface area contributed by atoms with Gasteiger partial charge in [-0.05, 0) is 71.0 Å². The number of hydrogen-bond donors (Lipinski definition) is 3. The highest BCUT2D eigenvalue weighted by Crippen LogP contribution is 2.43. The maximum atomic E-state index is 13.7. The van der Waals surface area contributed by atoms with Crippen molar-refractivity contribution in [2.75, 3.05) is 5.75 Å². The van der Waals surface area contributed by atoms with Crippen molar-refractivity contribution in [1.29, 1.82) is 0 Å². The number of aliphatic hydroxyl groups excluding tert-OH is 1. The van der Waals surface area contributed by atoms with Crippen molar-refractivity contribution in [1.82, 2.24) is 24.8 Å². The smallest absolute Gasteiger partial charge is 0.241 e. The number of benzene rings is 5. The van der Waals surface area contributed by atoms with E-state index in [2.05, 4.69) is 33.2 Å². The second-order valence-corrected chi connectivity index (χ2v) is 17.3. The first kappa shape index (κ1) is 41.0. The minimum atomic E-state index is -3.97. The van der Waals surface area contributed by atoms with Crippen LogP contribution >= 0.6 is 11.8 Å². The SMILES string of the molecule is Cc1ccc(S(=O)(=O)N[C@H](Cc2ccccc2)C(=O)NCc2cccc(-c3cccc([C@@H]4O[C@H](CSc5nncn5C)[C@H](C)[C@H](c5ccc(CO)cc5)O4)c3)c2)cc1. The van der Waals surface area contributed by atoms with Crippen LogP contribution in [0.3, 0.4) is 0 Å². The third-order valence-electron chi connectivity index (χ3n) is 10.3. The standard InChI is InChI=1S/C45H47N5O6S2/c1-30-15-21-39(22-16-30)58(53,54)49-40(24-32-9-5-4-6-10-32)43(52)46-26-34-11-7-12-36(23-34)37-13-8-14-38(25-37)44-55-41(28-57-45-48-47-29-50(45)3)31(2)42(56-44)35-19-17-33(27-51)18-20-35/h4-23,25,29,31,40-42,44,49,51H,24,26-28H2,1-3H3,(H,46,52)/t31-,40+,41+,42+,44+/m0/s1. The van der Waals surface area contributed by atoms with Gasteiger partial charge in [0.15, 0.2) is 11.4 Å². The summed E-state index contributed by atoms with van der Waals surface area (Å²) < 4.78 is 44.7. The lowest BCUT2D eigenvalue weighted by molar-refractivity contribution is -0.268.